The Morgan fingerprint density at radius 1 is 0.933 bits per heavy atom. The van der Waals surface area contributed by atoms with E-state index in [2.05, 4.69) is 22.2 Å². The summed E-state index contributed by atoms with van der Waals surface area (Å²) in [6, 6.07) is 27.3. The Bertz CT molecular complexity index is 1070. The Morgan fingerprint density at radius 3 is 2.23 bits per heavy atom. The fourth-order valence-electron chi connectivity index (χ4n) is 3.35. The molecule has 1 aromatic heterocycles. The molecule has 0 aliphatic carbocycles. The van der Waals surface area contributed by atoms with Gasteiger partial charge in [-0.05, 0) is 29.8 Å². The zero-order chi connectivity index (χ0) is 20.8. The highest BCUT2D eigenvalue weighted by Gasteiger charge is 2.32. The third-order valence-corrected chi connectivity index (χ3v) is 6.47. The predicted molar refractivity (Wildman–Crippen MR) is 121 cm³/mol. The van der Waals surface area contributed by atoms with E-state index < -0.39 is 0 Å². The number of halogens is 1. The first-order chi connectivity index (χ1) is 14.7. The number of nitrogens with zero attached hydrogens (tertiary/aromatic N) is 3. The molecular weight excluding hydrogens is 414 g/mol. The molecule has 4 rings (SSSR count). The molecule has 2 atom stereocenters. The van der Waals surface area contributed by atoms with Gasteiger partial charge in [-0.3, -0.25) is 9.48 Å². The van der Waals surface area contributed by atoms with Gasteiger partial charge in [0.05, 0.1) is 12.5 Å². The first-order valence-corrected chi connectivity index (χ1v) is 10.9. The van der Waals surface area contributed by atoms with Crippen molar-refractivity contribution in [3.8, 4) is 0 Å². The van der Waals surface area contributed by atoms with Crippen molar-refractivity contribution in [2.75, 3.05) is 0 Å². The van der Waals surface area contributed by atoms with Crippen LogP contribution in [0.1, 0.15) is 21.2 Å². The van der Waals surface area contributed by atoms with Crippen molar-refractivity contribution in [1.29, 1.82) is 0 Å². The van der Waals surface area contributed by atoms with Gasteiger partial charge in [0, 0.05) is 20.7 Å². The fraction of sp³-hybridized carbons (Fsp3) is 0.125. The molecule has 0 aliphatic rings. The number of ketones is 1. The number of Topliss-reactive ketones (excluding diaryl/α,β-unsaturated/α-hetero) is 1. The minimum Gasteiger partial charge on any atom is -0.294 e. The quantitative estimate of drug-likeness (QED) is 0.254. The Labute approximate surface area is 184 Å². The van der Waals surface area contributed by atoms with Gasteiger partial charge in [0.1, 0.15) is 12.7 Å². The molecule has 4 aromatic rings. The lowest BCUT2D eigenvalue weighted by molar-refractivity contribution is 0.0901. The van der Waals surface area contributed by atoms with E-state index in [-0.39, 0.29) is 17.0 Å². The number of benzene rings is 3. The highest BCUT2D eigenvalue weighted by Crippen LogP contribution is 2.43. The lowest BCUT2D eigenvalue weighted by Crippen LogP contribution is -2.26. The second-order valence-corrected chi connectivity index (χ2v) is 8.51. The van der Waals surface area contributed by atoms with Crippen LogP contribution in [0.5, 0.6) is 0 Å². The Kier molecular flexibility index (Phi) is 6.62. The fourth-order valence-corrected chi connectivity index (χ4v) is 4.73. The molecule has 3 aromatic carbocycles. The second kappa shape index (κ2) is 9.74. The summed E-state index contributed by atoms with van der Waals surface area (Å²) in [6.07, 6.45) is 3.15. The van der Waals surface area contributed by atoms with Crippen LogP contribution >= 0.6 is 23.4 Å². The van der Waals surface area contributed by atoms with E-state index in [4.69, 9.17) is 11.6 Å². The van der Waals surface area contributed by atoms with Gasteiger partial charge in [-0.2, -0.15) is 5.10 Å². The molecule has 150 valence electrons. The summed E-state index contributed by atoms with van der Waals surface area (Å²) in [7, 11) is 0. The molecule has 4 nitrogen and oxygen atoms in total. The zero-order valence-corrected chi connectivity index (χ0v) is 17.7. The van der Waals surface area contributed by atoms with E-state index in [1.165, 1.54) is 6.33 Å². The molecule has 0 amide bonds. The van der Waals surface area contributed by atoms with Crippen LogP contribution in [0.4, 0.5) is 0 Å². The number of thioether (sulfide) groups is 1. The van der Waals surface area contributed by atoms with Crippen molar-refractivity contribution in [3.05, 3.63) is 114 Å². The average Bonchev–Trinajstić information content (AvgIpc) is 3.31. The van der Waals surface area contributed by atoms with Crippen molar-refractivity contribution >= 4 is 29.1 Å². The van der Waals surface area contributed by atoms with Gasteiger partial charge in [0.2, 0.25) is 0 Å². The molecule has 0 radical (unpaired) electrons. The number of rotatable bonds is 8. The lowest BCUT2D eigenvalue weighted by Gasteiger charge is -2.26. The normalized spacial score (nSPS) is 13.0. The molecule has 6 heteroatoms. The van der Waals surface area contributed by atoms with Crippen molar-refractivity contribution in [2.24, 2.45) is 5.92 Å². The lowest BCUT2D eigenvalue weighted by atomic mass is 9.90. The predicted octanol–water partition coefficient (Wildman–Crippen LogP) is 5.96. The monoisotopic (exact) mass is 433 g/mol. The molecule has 0 N–H and O–H groups in total. The van der Waals surface area contributed by atoms with Crippen LogP contribution in [0, 0.1) is 5.92 Å². The standard InChI is InChI=1S/C24H20ClN3OS/c25-20-11-13-21(14-12-20)30-24(19-9-5-2-6-10-19)22(15-28-17-26-16-27-28)23(29)18-7-3-1-4-8-18/h1-14,16-17,22,24H,15H2. The van der Waals surface area contributed by atoms with Crippen LogP contribution in [0.25, 0.3) is 0 Å². The molecule has 0 spiro atoms. The Morgan fingerprint density at radius 2 is 1.60 bits per heavy atom. The maximum Gasteiger partial charge on any atom is 0.169 e. The van der Waals surface area contributed by atoms with E-state index in [1.807, 2.05) is 72.8 Å². The largest absolute Gasteiger partial charge is 0.294 e. The highest BCUT2D eigenvalue weighted by molar-refractivity contribution is 7.99. The Balaban J connectivity index is 1.75. The van der Waals surface area contributed by atoms with Crippen molar-refractivity contribution in [2.45, 2.75) is 16.7 Å². The van der Waals surface area contributed by atoms with Crippen LogP contribution in [-0.4, -0.2) is 20.5 Å². The van der Waals surface area contributed by atoms with E-state index >= 15 is 0 Å². The summed E-state index contributed by atoms with van der Waals surface area (Å²) < 4.78 is 1.73. The first-order valence-electron chi connectivity index (χ1n) is 9.59. The molecule has 1 heterocycles. The van der Waals surface area contributed by atoms with Gasteiger partial charge >= 0.3 is 0 Å². The van der Waals surface area contributed by atoms with Crippen molar-refractivity contribution in [1.82, 2.24) is 14.8 Å². The zero-order valence-electron chi connectivity index (χ0n) is 16.1. The Hall–Kier alpha value is -2.89. The summed E-state index contributed by atoms with van der Waals surface area (Å²) in [5.74, 6) is -0.251. The first kappa shape index (κ1) is 20.4. The number of carbonyl (C=O) groups excluding carboxylic acids is 1. The van der Waals surface area contributed by atoms with E-state index in [0.29, 0.717) is 17.1 Å². The molecule has 0 fully saturated rings. The van der Waals surface area contributed by atoms with Gasteiger partial charge in [0.15, 0.2) is 5.78 Å². The van der Waals surface area contributed by atoms with Crippen LogP contribution < -0.4 is 0 Å². The molecule has 0 bridgehead atoms. The van der Waals surface area contributed by atoms with Gasteiger partial charge in [-0.1, -0.05) is 72.3 Å². The third-order valence-electron chi connectivity index (χ3n) is 4.82. The molecule has 0 aliphatic heterocycles. The van der Waals surface area contributed by atoms with E-state index in [1.54, 1.807) is 22.8 Å². The van der Waals surface area contributed by atoms with E-state index in [0.717, 1.165) is 10.5 Å². The summed E-state index contributed by atoms with van der Waals surface area (Å²) in [5.41, 5.74) is 1.78. The molecule has 2 unspecified atom stereocenters. The van der Waals surface area contributed by atoms with Crippen LogP contribution in [-0.2, 0) is 6.54 Å². The molecule has 0 saturated carbocycles. The molecule has 30 heavy (non-hydrogen) atoms. The van der Waals surface area contributed by atoms with Crippen molar-refractivity contribution < 1.29 is 4.79 Å². The third kappa shape index (κ3) is 4.99. The number of hydrogen-bond acceptors (Lipinski definition) is 4. The van der Waals surface area contributed by atoms with Crippen LogP contribution in [0.2, 0.25) is 5.02 Å². The van der Waals surface area contributed by atoms with Crippen molar-refractivity contribution in [3.63, 3.8) is 0 Å². The average molecular weight is 434 g/mol. The van der Waals surface area contributed by atoms with E-state index in [9.17, 15) is 4.79 Å². The minimum absolute atomic E-state index is 0.0846. The summed E-state index contributed by atoms with van der Waals surface area (Å²) in [6.45, 7) is 0.438. The van der Waals surface area contributed by atoms with Gasteiger partial charge in [-0.15, -0.1) is 11.8 Å². The minimum atomic E-state index is -0.336. The second-order valence-electron chi connectivity index (χ2n) is 6.86. The number of aromatic nitrogens is 3. The number of hydrogen-bond donors (Lipinski definition) is 0. The van der Waals surface area contributed by atoms with Gasteiger partial charge in [0.25, 0.3) is 0 Å². The summed E-state index contributed by atoms with van der Waals surface area (Å²) in [5, 5.41) is 4.84. The molecule has 0 saturated heterocycles. The summed E-state index contributed by atoms with van der Waals surface area (Å²) >= 11 is 7.73. The maximum absolute atomic E-state index is 13.6. The maximum atomic E-state index is 13.6. The smallest absolute Gasteiger partial charge is 0.169 e. The van der Waals surface area contributed by atoms with Gasteiger partial charge in [-0.25, -0.2) is 4.98 Å². The number of carbonyl (C=O) groups is 1. The van der Waals surface area contributed by atoms with Crippen LogP contribution in [0.3, 0.4) is 0 Å². The highest BCUT2D eigenvalue weighted by atomic mass is 35.5. The SMILES string of the molecule is O=C(c1ccccc1)C(Cn1cncn1)C(Sc1ccc(Cl)cc1)c1ccccc1. The van der Waals surface area contributed by atoms with Gasteiger partial charge < -0.3 is 0 Å². The van der Waals surface area contributed by atoms with Crippen LogP contribution in [0.15, 0.2) is 102 Å². The molecular formula is C24H20ClN3OS. The topological polar surface area (TPSA) is 47.8 Å². The summed E-state index contributed by atoms with van der Waals surface area (Å²) in [4.78, 5) is 18.7.